The molecule has 3 rings (SSSR count). The average molecular weight is 384 g/mol. The standard InChI is InChI=1S/C19H27ClFN3O2/c1-26-19(6-8-22-9-7-19)18(25)23-16-3-2-10-24(13-16)12-14-4-5-15(21)11-17(14)20/h4-5,11,16,22H,2-3,6-10,12-13H2,1H3,(H,23,25). The van der Waals surface area contributed by atoms with Crippen LogP contribution in [0, 0.1) is 5.82 Å². The molecule has 0 radical (unpaired) electrons. The van der Waals surface area contributed by atoms with Crippen molar-refractivity contribution < 1.29 is 13.9 Å². The number of likely N-dealkylation sites (tertiary alicyclic amines) is 1. The summed E-state index contributed by atoms with van der Waals surface area (Å²) in [6, 6.07) is 4.61. The second kappa shape index (κ2) is 8.65. The Morgan fingerprint density at radius 3 is 2.92 bits per heavy atom. The zero-order valence-corrected chi connectivity index (χ0v) is 15.9. The number of piperidine rings is 2. The van der Waals surface area contributed by atoms with Gasteiger partial charge in [-0.1, -0.05) is 17.7 Å². The fourth-order valence-electron chi connectivity index (χ4n) is 3.88. The Bertz CT molecular complexity index is 637. The van der Waals surface area contributed by atoms with Crippen LogP contribution in [0.25, 0.3) is 0 Å². The van der Waals surface area contributed by atoms with Crippen LogP contribution in [0.2, 0.25) is 5.02 Å². The van der Waals surface area contributed by atoms with Crippen LogP contribution >= 0.6 is 11.6 Å². The lowest BCUT2D eigenvalue weighted by Crippen LogP contribution is -2.58. The normalized spacial score (nSPS) is 23.6. The Hall–Kier alpha value is -1.21. The molecule has 1 atom stereocenters. The zero-order chi connectivity index (χ0) is 18.6. The maximum absolute atomic E-state index is 13.2. The highest BCUT2D eigenvalue weighted by Gasteiger charge is 2.40. The quantitative estimate of drug-likeness (QED) is 0.819. The first kappa shape index (κ1) is 19.5. The van der Waals surface area contributed by atoms with Crippen LogP contribution in [0.15, 0.2) is 18.2 Å². The van der Waals surface area contributed by atoms with Crippen LogP contribution in [0.4, 0.5) is 4.39 Å². The van der Waals surface area contributed by atoms with Gasteiger partial charge in [0.2, 0.25) is 0 Å². The molecular formula is C19H27ClFN3O2. The van der Waals surface area contributed by atoms with Crippen molar-refractivity contribution in [2.24, 2.45) is 0 Å². The number of rotatable bonds is 5. The van der Waals surface area contributed by atoms with E-state index in [4.69, 9.17) is 16.3 Å². The smallest absolute Gasteiger partial charge is 0.252 e. The van der Waals surface area contributed by atoms with Crippen LogP contribution in [-0.2, 0) is 16.1 Å². The molecule has 2 fully saturated rings. The lowest BCUT2D eigenvalue weighted by atomic mass is 9.90. The number of methoxy groups -OCH3 is 1. The fraction of sp³-hybridized carbons (Fsp3) is 0.632. The van der Waals surface area contributed by atoms with E-state index in [0.717, 1.165) is 44.6 Å². The van der Waals surface area contributed by atoms with E-state index in [1.54, 1.807) is 13.2 Å². The van der Waals surface area contributed by atoms with Gasteiger partial charge in [-0.15, -0.1) is 0 Å². The number of ether oxygens (including phenoxy) is 1. The molecule has 2 saturated heterocycles. The molecule has 2 aliphatic heterocycles. The largest absolute Gasteiger partial charge is 0.368 e. The van der Waals surface area contributed by atoms with Gasteiger partial charge in [0.05, 0.1) is 0 Å². The predicted molar refractivity (Wildman–Crippen MR) is 99.7 cm³/mol. The maximum Gasteiger partial charge on any atom is 0.252 e. The Balaban J connectivity index is 1.58. The van der Waals surface area contributed by atoms with Gasteiger partial charge in [0.1, 0.15) is 11.4 Å². The summed E-state index contributed by atoms with van der Waals surface area (Å²) in [4.78, 5) is 15.1. The third-order valence-electron chi connectivity index (χ3n) is 5.47. The van der Waals surface area contributed by atoms with Crippen LogP contribution in [0.3, 0.4) is 0 Å². The fourth-order valence-corrected chi connectivity index (χ4v) is 4.11. The first-order chi connectivity index (χ1) is 12.5. The van der Waals surface area contributed by atoms with Crippen molar-refractivity contribution in [3.05, 3.63) is 34.6 Å². The van der Waals surface area contributed by atoms with E-state index in [-0.39, 0.29) is 17.8 Å². The summed E-state index contributed by atoms with van der Waals surface area (Å²) < 4.78 is 18.8. The number of nitrogens with zero attached hydrogens (tertiary/aromatic N) is 1. The summed E-state index contributed by atoms with van der Waals surface area (Å²) in [5, 5.41) is 6.91. The number of benzene rings is 1. The Morgan fingerprint density at radius 2 is 2.23 bits per heavy atom. The molecule has 1 amide bonds. The van der Waals surface area contributed by atoms with Crippen LogP contribution in [0.1, 0.15) is 31.2 Å². The predicted octanol–water partition coefficient (Wildman–Crippen LogP) is 2.33. The van der Waals surface area contributed by atoms with E-state index >= 15 is 0 Å². The first-order valence-electron chi connectivity index (χ1n) is 9.25. The highest BCUT2D eigenvalue weighted by atomic mass is 35.5. The minimum Gasteiger partial charge on any atom is -0.368 e. The van der Waals surface area contributed by atoms with E-state index in [1.807, 2.05) is 0 Å². The van der Waals surface area contributed by atoms with Gasteiger partial charge in [-0.25, -0.2) is 4.39 Å². The maximum atomic E-state index is 13.2. The van der Waals surface area contributed by atoms with E-state index in [1.165, 1.54) is 12.1 Å². The van der Waals surface area contributed by atoms with Gasteiger partial charge in [0.15, 0.2) is 0 Å². The van der Waals surface area contributed by atoms with Crippen molar-refractivity contribution in [3.8, 4) is 0 Å². The summed E-state index contributed by atoms with van der Waals surface area (Å²) in [5.74, 6) is -0.331. The van der Waals surface area contributed by atoms with Crippen molar-refractivity contribution in [2.75, 3.05) is 33.3 Å². The van der Waals surface area contributed by atoms with Gasteiger partial charge in [-0.3, -0.25) is 9.69 Å². The third-order valence-corrected chi connectivity index (χ3v) is 5.82. The van der Waals surface area contributed by atoms with Crippen molar-refractivity contribution in [2.45, 2.75) is 43.9 Å². The Morgan fingerprint density at radius 1 is 1.46 bits per heavy atom. The lowest BCUT2D eigenvalue weighted by Gasteiger charge is -2.38. The van der Waals surface area contributed by atoms with E-state index in [0.29, 0.717) is 24.4 Å². The summed E-state index contributed by atoms with van der Waals surface area (Å²) >= 11 is 6.15. The van der Waals surface area contributed by atoms with Gasteiger partial charge < -0.3 is 15.4 Å². The molecule has 2 N–H and O–H groups in total. The summed E-state index contributed by atoms with van der Waals surface area (Å²) in [5.41, 5.74) is 0.195. The number of hydrogen-bond donors (Lipinski definition) is 2. The van der Waals surface area contributed by atoms with Gasteiger partial charge >= 0.3 is 0 Å². The topological polar surface area (TPSA) is 53.6 Å². The monoisotopic (exact) mass is 383 g/mol. The molecule has 144 valence electrons. The number of halogens is 2. The highest BCUT2D eigenvalue weighted by Crippen LogP contribution is 2.24. The number of hydrogen-bond acceptors (Lipinski definition) is 4. The lowest BCUT2D eigenvalue weighted by molar-refractivity contribution is -0.147. The van der Waals surface area contributed by atoms with Crippen molar-refractivity contribution in [1.82, 2.24) is 15.5 Å². The van der Waals surface area contributed by atoms with E-state index in [2.05, 4.69) is 15.5 Å². The minimum absolute atomic E-state index is 0.00633. The third kappa shape index (κ3) is 4.55. The molecule has 0 aliphatic carbocycles. The molecular weight excluding hydrogens is 357 g/mol. The van der Waals surface area contributed by atoms with Gasteiger partial charge in [0, 0.05) is 31.3 Å². The molecule has 0 spiro atoms. The Kier molecular flexibility index (Phi) is 6.51. The second-order valence-electron chi connectivity index (χ2n) is 7.23. The summed E-state index contributed by atoms with van der Waals surface area (Å²) in [6.07, 6.45) is 3.34. The summed E-state index contributed by atoms with van der Waals surface area (Å²) in [7, 11) is 1.62. The molecule has 1 aromatic rings. The molecule has 0 bridgehead atoms. The number of nitrogens with one attached hydrogen (secondary N) is 2. The molecule has 1 unspecified atom stereocenters. The van der Waals surface area contributed by atoms with Gasteiger partial charge in [-0.05, 0) is 63.0 Å². The van der Waals surface area contributed by atoms with Crippen LogP contribution in [-0.4, -0.2) is 55.7 Å². The van der Waals surface area contributed by atoms with E-state index < -0.39 is 5.60 Å². The minimum atomic E-state index is -0.714. The van der Waals surface area contributed by atoms with Gasteiger partial charge in [0.25, 0.3) is 5.91 Å². The highest BCUT2D eigenvalue weighted by molar-refractivity contribution is 6.31. The molecule has 26 heavy (non-hydrogen) atoms. The average Bonchev–Trinajstić information content (AvgIpc) is 2.65. The van der Waals surface area contributed by atoms with E-state index in [9.17, 15) is 9.18 Å². The van der Waals surface area contributed by atoms with Crippen LogP contribution < -0.4 is 10.6 Å². The SMILES string of the molecule is COC1(C(=O)NC2CCCN(Cc3ccc(F)cc3Cl)C2)CCNCC1. The number of carbonyl (C=O) groups excluding carboxylic acids is 1. The molecule has 5 nitrogen and oxygen atoms in total. The van der Waals surface area contributed by atoms with Crippen molar-refractivity contribution >= 4 is 17.5 Å². The molecule has 0 saturated carbocycles. The second-order valence-corrected chi connectivity index (χ2v) is 7.64. The summed E-state index contributed by atoms with van der Waals surface area (Å²) in [6.45, 7) is 3.95. The number of amides is 1. The number of carbonyl (C=O) groups is 1. The van der Waals surface area contributed by atoms with Crippen molar-refractivity contribution in [3.63, 3.8) is 0 Å². The molecule has 1 aromatic carbocycles. The van der Waals surface area contributed by atoms with Gasteiger partial charge in [-0.2, -0.15) is 0 Å². The van der Waals surface area contributed by atoms with Crippen molar-refractivity contribution in [1.29, 1.82) is 0 Å². The molecule has 7 heteroatoms. The molecule has 2 heterocycles. The Labute approximate surface area is 159 Å². The molecule has 2 aliphatic rings. The first-order valence-corrected chi connectivity index (χ1v) is 9.63. The zero-order valence-electron chi connectivity index (χ0n) is 15.2. The van der Waals surface area contributed by atoms with Crippen LogP contribution in [0.5, 0.6) is 0 Å². The molecule has 0 aromatic heterocycles.